The molecule has 0 aliphatic heterocycles. The van der Waals surface area contributed by atoms with Gasteiger partial charge in [-0.05, 0) is 36.5 Å². The Labute approximate surface area is 84.9 Å². The molecule has 0 fully saturated rings. The lowest BCUT2D eigenvalue weighted by atomic mass is 9.98. The first kappa shape index (κ1) is 11.0. The number of benzene rings is 1. The minimum atomic E-state index is -0.207. The monoisotopic (exact) mass is 196 g/mol. The SMILES string of the molecule is COc1ccc(C)c(CC(C)C)c1F. The molecule has 0 amide bonds. The van der Waals surface area contributed by atoms with Crippen LogP contribution in [0, 0.1) is 18.7 Å². The van der Waals surface area contributed by atoms with Gasteiger partial charge in [0.25, 0.3) is 0 Å². The molecule has 0 aromatic heterocycles. The molecule has 0 N–H and O–H groups in total. The van der Waals surface area contributed by atoms with Gasteiger partial charge in [-0.3, -0.25) is 0 Å². The number of halogens is 1. The van der Waals surface area contributed by atoms with Crippen LogP contribution in [0.15, 0.2) is 12.1 Å². The first-order valence-corrected chi connectivity index (χ1v) is 4.88. The van der Waals surface area contributed by atoms with Gasteiger partial charge in [-0.15, -0.1) is 0 Å². The van der Waals surface area contributed by atoms with Gasteiger partial charge in [0.2, 0.25) is 0 Å². The zero-order valence-corrected chi connectivity index (χ0v) is 9.23. The fraction of sp³-hybridized carbons (Fsp3) is 0.500. The van der Waals surface area contributed by atoms with Gasteiger partial charge < -0.3 is 4.74 Å². The molecule has 14 heavy (non-hydrogen) atoms. The summed E-state index contributed by atoms with van der Waals surface area (Å²) in [5, 5.41) is 0. The molecule has 1 aromatic carbocycles. The number of ether oxygens (including phenoxy) is 1. The Hall–Kier alpha value is -1.05. The molecular formula is C12H17FO. The van der Waals surface area contributed by atoms with E-state index in [9.17, 15) is 4.39 Å². The summed E-state index contributed by atoms with van der Waals surface area (Å²) in [6.45, 7) is 6.09. The molecule has 1 nitrogen and oxygen atoms in total. The predicted octanol–water partition coefficient (Wildman–Crippen LogP) is 3.34. The van der Waals surface area contributed by atoms with Crippen molar-refractivity contribution in [2.45, 2.75) is 27.2 Å². The summed E-state index contributed by atoms with van der Waals surface area (Å²) in [4.78, 5) is 0. The summed E-state index contributed by atoms with van der Waals surface area (Å²) in [6, 6.07) is 3.58. The summed E-state index contributed by atoms with van der Waals surface area (Å²) in [6.07, 6.45) is 0.759. The first-order valence-electron chi connectivity index (χ1n) is 4.88. The summed E-state index contributed by atoms with van der Waals surface area (Å²) in [5.74, 6) is 0.586. The average Bonchev–Trinajstić information content (AvgIpc) is 2.12. The fourth-order valence-electron chi connectivity index (χ4n) is 1.51. The van der Waals surface area contributed by atoms with Crippen molar-refractivity contribution in [3.05, 3.63) is 29.1 Å². The molecule has 0 unspecified atom stereocenters. The highest BCUT2D eigenvalue weighted by atomic mass is 19.1. The van der Waals surface area contributed by atoms with Crippen LogP contribution in [0.3, 0.4) is 0 Å². The number of rotatable bonds is 3. The Morgan fingerprint density at radius 3 is 2.50 bits per heavy atom. The lowest BCUT2D eigenvalue weighted by Gasteiger charge is -2.12. The molecule has 0 aliphatic carbocycles. The molecule has 78 valence electrons. The van der Waals surface area contributed by atoms with Crippen LogP contribution in [0.1, 0.15) is 25.0 Å². The van der Waals surface area contributed by atoms with E-state index in [2.05, 4.69) is 13.8 Å². The molecule has 0 spiro atoms. The van der Waals surface area contributed by atoms with Crippen molar-refractivity contribution in [1.29, 1.82) is 0 Å². The van der Waals surface area contributed by atoms with Crippen molar-refractivity contribution in [3.8, 4) is 5.75 Å². The van der Waals surface area contributed by atoms with Gasteiger partial charge in [-0.25, -0.2) is 4.39 Å². The third-order valence-electron chi connectivity index (χ3n) is 2.27. The Balaban J connectivity index is 3.11. The van der Waals surface area contributed by atoms with E-state index in [0.717, 1.165) is 17.5 Å². The molecule has 0 saturated carbocycles. The van der Waals surface area contributed by atoms with Gasteiger partial charge in [0.05, 0.1) is 7.11 Å². The van der Waals surface area contributed by atoms with Gasteiger partial charge in [-0.2, -0.15) is 0 Å². The minimum absolute atomic E-state index is 0.207. The van der Waals surface area contributed by atoms with E-state index in [1.54, 1.807) is 6.07 Å². The third kappa shape index (κ3) is 2.25. The molecular weight excluding hydrogens is 179 g/mol. The van der Waals surface area contributed by atoms with Crippen LogP contribution in [-0.2, 0) is 6.42 Å². The largest absolute Gasteiger partial charge is 0.494 e. The Kier molecular flexibility index (Phi) is 3.50. The maximum absolute atomic E-state index is 13.8. The molecule has 2 heteroatoms. The van der Waals surface area contributed by atoms with E-state index in [0.29, 0.717) is 11.7 Å². The van der Waals surface area contributed by atoms with Gasteiger partial charge in [0.15, 0.2) is 11.6 Å². The minimum Gasteiger partial charge on any atom is -0.494 e. The average molecular weight is 196 g/mol. The lowest BCUT2D eigenvalue weighted by molar-refractivity contribution is 0.382. The summed E-state index contributed by atoms with van der Waals surface area (Å²) in [5.41, 5.74) is 1.77. The topological polar surface area (TPSA) is 9.23 Å². The number of methoxy groups -OCH3 is 1. The number of aryl methyl sites for hydroxylation is 1. The zero-order valence-electron chi connectivity index (χ0n) is 9.23. The van der Waals surface area contributed by atoms with Crippen LogP contribution in [0.25, 0.3) is 0 Å². The second kappa shape index (κ2) is 4.45. The van der Waals surface area contributed by atoms with Crippen LogP contribution in [-0.4, -0.2) is 7.11 Å². The maximum atomic E-state index is 13.8. The van der Waals surface area contributed by atoms with E-state index in [1.807, 2.05) is 13.0 Å². The van der Waals surface area contributed by atoms with Crippen molar-refractivity contribution in [3.63, 3.8) is 0 Å². The van der Waals surface area contributed by atoms with Crippen LogP contribution < -0.4 is 4.74 Å². The molecule has 0 radical (unpaired) electrons. The molecule has 0 heterocycles. The maximum Gasteiger partial charge on any atom is 0.168 e. The smallest absolute Gasteiger partial charge is 0.168 e. The highest BCUT2D eigenvalue weighted by Crippen LogP contribution is 2.25. The second-order valence-electron chi connectivity index (χ2n) is 3.98. The van der Waals surface area contributed by atoms with Crippen LogP contribution in [0.2, 0.25) is 0 Å². The molecule has 0 saturated heterocycles. The highest BCUT2D eigenvalue weighted by Gasteiger charge is 2.12. The van der Waals surface area contributed by atoms with Crippen LogP contribution >= 0.6 is 0 Å². The van der Waals surface area contributed by atoms with Crippen molar-refractivity contribution < 1.29 is 9.13 Å². The summed E-state index contributed by atoms with van der Waals surface area (Å²) >= 11 is 0. The molecule has 1 rings (SSSR count). The van der Waals surface area contributed by atoms with E-state index >= 15 is 0 Å². The van der Waals surface area contributed by atoms with E-state index in [4.69, 9.17) is 4.74 Å². The highest BCUT2D eigenvalue weighted by molar-refractivity contribution is 5.37. The van der Waals surface area contributed by atoms with Gasteiger partial charge in [0, 0.05) is 0 Å². The van der Waals surface area contributed by atoms with Crippen molar-refractivity contribution in [2.75, 3.05) is 7.11 Å². The standard InChI is InChI=1S/C12H17FO/c1-8(2)7-10-9(3)5-6-11(14-4)12(10)13/h5-6,8H,7H2,1-4H3. The molecule has 0 aliphatic rings. The van der Waals surface area contributed by atoms with E-state index in [-0.39, 0.29) is 5.82 Å². The molecule has 0 atom stereocenters. The predicted molar refractivity (Wildman–Crippen MR) is 56.2 cm³/mol. The van der Waals surface area contributed by atoms with E-state index < -0.39 is 0 Å². The van der Waals surface area contributed by atoms with Crippen LogP contribution in [0.4, 0.5) is 4.39 Å². The molecule has 0 bridgehead atoms. The molecule has 1 aromatic rings. The van der Waals surface area contributed by atoms with E-state index in [1.165, 1.54) is 7.11 Å². The quantitative estimate of drug-likeness (QED) is 0.720. The second-order valence-corrected chi connectivity index (χ2v) is 3.98. The normalized spacial score (nSPS) is 10.7. The Morgan fingerprint density at radius 2 is 2.00 bits per heavy atom. The number of hydrogen-bond donors (Lipinski definition) is 0. The zero-order chi connectivity index (χ0) is 10.7. The van der Waals surface area contributed by atoms with Crippen molar-refractivity contribution in [2.24, 2.45) is 5.92 Å². The van der Waals surface area contributed by atoms with Gasteiger partial charge >= 0.3 is 0 Å². The summed E-state index contributed by atoms with van der Waals surface area (Å²) in [7, 11) is 1.49. The lowest BCUT2D eigenvalue weighted by Crippen LogP contribution is -2.02. The Bertz CT molecular complexity index is 318. The van der Waals surface area contributed by atoms with Crippen molar-refractivity contribution in [1.82, 2.24) is 0 Å². The van der Waals surface area contributed by atoms with Gasteiger partial charge in [0.1, 0.15) is 0 Å². The third-order valence-corrected chi connectivity index (χ3v) is 2.27. The number of hydrogen-bond acceptors (Lipinski definition) is 1. The fourth-order valence-corrected chi connectivity index (χ4v) is 1.51. The van der Waals surface area contributed by atoms with Crippen LogP contribution in [0.5, 0.6) is 5.75 Å². The van der Waals surface area contributed by atoms with Crippen molar-refractivity contribution >= 4 is 0 Å². The first-order chi connectivity index (χ1) is 6.56. The van der Waals surface area contributed by atoms with Gasteiger partial charge in [-0.1, -0.05) is 19.9 Å². The Morgan fingerprint density at radius 1 is 1.36 bits per heavy atom. The summed E-state index contributed by atoms with van der Waals surface area (Å²) < 4.78 is 18.7.